The molecule has 0 unspecified atom stereocenters. The zero-order chi connectivity index (χ0) is 21.1. The predicted octanol–water partition coefficient (Wildman–Crippen LogP) is 6.35. The highest BCUT2D eigenvalue weighted by Gasteiger charge is 2.46. The van der Waals surface area contributed by atoms with E-state index in [1.807, 2.05) is 42.5 Å². The molecule has 4 aromatic rings. The van der Waals surface area contributed by atoms with Crippen LogP contribution in [0, 0.1) is 0 Å². The van der Waals surface area contributed by atoms with Crippen LogP contribution in [0.3, 0.4) is 0 Å². The maximum absolute atomic E-state index is 6.89. The van der Waals surface area contributed by atoms with Gasteiger partial charge in [-0.15, -0.1) is 0 Å². The molecule has 4 rings (SSSR count). The third-order valence-corrected chi connectivity index (χ3v) is 10.1. The van der Waals surface area contributed by atoms with Crippen LogP contribution >= 0.6 is 46.4 Å². The van der Waals surface area contributed by atoms with Crippen molar-refractivity contribution in [1.82, 2.24) is 0 Å². The van der Waals surface area contributed by atoms with E-state index in [1.165, 1.54) is 0 Å². The SMILES string of the molecule is Clc1ccc(Cl)c(O[Si](c2ccccc2)(c2ccccc2)c2cc(Cl)ccc2Cl)c1. The molecule has 0 saturated carbocycles. The summed E-state index contributed by atoms with van der Waals surface area (Å²) in [5, 5.41) is 5.03. The van der Waals surface area contributed by atoms with Crippen LogP contribution in [0.25, 0.3) is 0 Å². The van der Waals surface area contributed by atoms with Gasteiger partial charge in [-0.05, 0) is 46.8 Å². The first-order chi connectivity index (χ1) is 14.5. The minimum absolute atomic E-state index is 0.473. The molecule has 0 amide bonds. The summed E-state index contributed by atoms with van der Waals surface area (Å²) >= 11 is 26.0. The molecule has 0 N–H and O–H groups in total. The van der Waals surface area contributed by atoms with Gasteiger partial charge >= 0.3 is 8.32 Å². The Bertz CT molecular complexity index is 1130. The molecule has 1 nitrogen and oxygen atoms in total. The van der Waals surface area contributed by atoms with Gasteiger partial charge in [0.25, 0.3) is 0 Å². The largest absolute Gasteiger partial charge is 0.529 e. The molecule has 0 aliphatic carbocycles. The van der Waals surface area contributed by atoms with Crippen LogP contribution in [-0.2, 0) is 0 Å². The topological polar surface area (TPSA) is 9.23 Å². The van der Waals surface area contributed by atoms with Crippen molar-refractivity contribution < 1.29 is 4.43 Å². The molecule has 4 aromatic carbocycles. The average molecular weight is 490 g/mol. The van der Waals surface area contributed by atoms with Gasteiger partial charge in [-0.25, -0.2) is 0 Å². The summed E-state index contributed by atoms with van der Waals surface area (Å²) in [5.41, 5.74) is 0. The predicted molar refractivity (Wildman–Crippen MR) is 131 cm³/mol. The van der Waals surface area contributed by atoms with Crippen molar-refractivity contribution in [3.63, 3.8) is 0 Å². The lowest BCUT2D eigenvalue weighted by atomic mass is 10.3. The highest BCUT2D eigenvalue weighted by Crippen LogP contribution is 2.31. The van der Waals surface area contributed by atoms with Crippen molar-refractivity contribution in [3.05, 3.63) is 117 Å². The monoisotopic (exact) mass is 488 g/mol. The molecule has 0 aliphatic rings. The molecule has 30 heavy (non-hydrogen) atoms. The summed E-state index contributed by atoms with van der Waals surface area (Å²) in [6.45, 7) is 0. The van der Waals surface area contributed by atoms with E-state index in [0.29, 0.717) is 25.8 Å². The van der Waals surface area contributed by atoms with Gasteiger partial charge in [0.1, 0.15) is 5.75 Å². The zero-order valence-electron chi connectivity index (χ0n) is 15.7. The van der Waals surface area contributed by atoms with Crippen molar-refractivity contribution in [1.29, 1.82) is 0 Å². The molecular weight excluding hydrogens is 474 g/mol. The van der Waals surface area contributed by atoms with Gasteiger partial charge in [-0.3, -0.25) is 0 Å². The van der Waals surface area contributed by atoms with Gasteiger partial charge < -0.3 is 4.43 Å². The standard InChI is InChI=1S/C24H16Cl4OSi/c25-17-11-13-21(27)23(15-17)29-30(19-7-3-1-4-8-19,20-9-5-2-6-10-20)24-16-18(26)12-14-22(24)28/h1-16H. The Kier molecular flexibility index (Phi) is 6.42. The van der Waals surface area contributed by atoms with Crippen molar-refractivity contribution in [2.24, 2.45) is 0 Å². The van der Waals surface area contributed by atoms with Gasteiger partial charge in [-0.2, -0.15) is 0 Å². The number of hydrogen-bond donors (Lipinski definition) is 0. The molecular formula is C24H16Cl4OSi. The van der Waals surface area contributed by atoms with E-state index in [9.17, 15) is 0 Å². The van der Waals surface area contributed by atoms with Gasteiger partial charge in [0.2, 0.25) is 0 Å². The average Bonchev–Trinajstić information content (AvgIpc) is 2.77. The molecule has 0 bridgehead atoms. The lowest BCUT2D eigenvalue weighted by Gasteiger charge is -2.34. The molecule has 0 aromatic heterocycles. The summed E-state index contributed by atoms with van der Waals surface area (Å²) in [6, 6.07) is 30.7. The first kappa shape index (κ1) is 21.3. The van der Waals surface area contributed by atoms with E-state index < -0.39 is 8.32 Å². The van der Waals surface area contributed by atoms with Crippen LogP contribution < -0.4 is 20.0 Å². The summed E-state index contributed by atoms with van der Waals surface area (Å²) < 4.78 is 6.89. The van der Waals surface area contributed by atoms with E-state index in [1.54, 1.807) is 30.3 Å². The van der Waals surface area contributed by atoms with Crippen LogP contribution in [0.15, 0.2) is 97.1 Å². The highest BCUT2D eigenvalue weighted by atomic mass is 35.5. The Morgan fingerprint density at radius 3 is 1.60 bits per heavy atom. The number of hydrogen-bond acceptors (Lipinski definition) is 1. The Hall–Kier alpha value is -1.94. The lowest BCUT2D eigenvalue weighted by molar-refractivity contribution is 0.577. The van der Waals surface area contributed by atoms with Crippen LogP contribution in [-0.4, -0.2) is 8.32 Å². The fraction of sp³-hybridized carbons (Fsp3) is 0. The van der Waals surface area contributed by atoms with Gasteiger partial charge in [0.05, 0.1) is 5.02 Å². The molecule has 0 aliphatic heterocycles. The summed E-state index contributed by atoms with van der Waals surface area (Å²) in [6.07, 6.45) is 0. The van der Waals surface area contributed by atoms with Crippen LogP contribution in [0.1, 0.15) is 0 Å². The maximum Gasteiger partial charge on any atom is 0.348 e. The van der Waals surface area contributed by atoms with Gasteiger partial charge in [-0.1, -0.05) is 107 Å². The summed E-state index contributed by atoms with van der Waals surface area (Å²) in [5.74, 6) is 0.500. The van der Waals surface area contributed by atoms with Crippen LogP contribution in [0.2, 0.25) is 20.1 Å². The van der Waals surface area contributed by atoms with E-state index >= 15 is 0 Å². The lowest BCUT2D eigenvalue weighted by Crippen LogP contribution is -2.71. The fourth-order valence-corrected chi connectivity index (χ4v) is 8.55. The summed E-state index contributed by atoms with van der Waals surface area (Å²) in [4.78, 5) is 0. The number of halogens is 4. The molecule has 0 heterocycles. The van der Waals surface area contributed by atoms with E-state index in [4.69, 9.17) is 50.8 Å². The van der Waals surface area contributed by atoms with Crippen molar-refractivity contribution in [2.45, 2.75) is 0 Å². The molecule has 0 spiro atoms. The third kappa shape index (κ3) is 4.11. The minimum Gasteiger partial charge on any atom is -0.529 e. The molecule has 0 radical (unpaired) electrons. The van der Waals surface area contributed by atoms with E-state index in [2.05, 4.69) is 24.3 Å². The van der Waals surface area contributed by atoms with Gasteiger partial charge in [0.15, 0.2) is 0 Å². The third-order valence-electron chi connectivity index (χ3n) is 4.82. The number of rotatable bonds is 5. The molecule has 0 atom stereocenters. The second-order valence-corrected chi connectivity index (χ2v) is 11.7. The molecule has 0 fully saturated rings. The normalized spacial score (nSPS) is 11.3. The highest BCUT2D eigenvalue weighted by molar-refractivity contribution is 7.08. The Balaban J connectivity index is 2.09. The van der Waals surface area contributed by atoms with Crippen LogP contribution in [0.4, 0.5) is 0 Å². The van der Waals surface area contributed by atoms with Crippen molar-refractivity contribution >= 4 is 70.3 Å². The first-order valence-electron chi connectivity index (χ1n) is 9.21. The van der Waals surface area contributed by atoms with E-state index in [0.717, 1.165) is 15.6 Å². The van der Waals surface area contributed by atoms with Crippen molar-refractivity contribution in [2.75, 3.05) is 0 Å². The first-order valence-corrected chi connectivity index (χ1v) is 12.6. The fourth-order valence-electron chi connectivity index (χ4n) is 3.48. The minimum atomic E-state index is -3.15. The Morgan fingerprint density at radius 2 is 1.03 bits per heavy atom. The summed E-state index contributed by atoms with van der Waals surface area (Å²) in [7, 11) is -3.15. The number of benzene rings is 4. The second kappa shape index (κ2) is 9.05. The quantitative estimate of drug-likeness (QED) is 0.234. The smallest absolute Gasteiger partial charge is 0.348 e. The zero-order valence-corrected chi connectivity index (χ0v) is 19.7. The molecule has 0 saturated heterocycles. The Labute approximate surface area is 196 Å². The maximum atomic E-state index is 6.89. The van der Waals surface area contributed by atoms with Crippen molar-refractivity contribution in [3.8, 4) is 5.75 Å². The second-order valence-electron chi connectivity index (χ2n) is 6.71. The molecule has 6 heteroatoms. The van der Waals surface area contributed by atoms with E-state index in [-0.39, 0.29) is 0 Å². The van der Waals surface area contributed by atoms with Gasteiger partial charge in [0, 0.05) is 20.3 Å². The van der Waals surface area contributed by atoms with Crippen LogP contribution in [0.5, 0.6) is 5.75 Å². The molecule has 150 valence electrons. The Morgan fingerprint density at radius 1 is 0.533 bits per heavy atom.